The van der Waals surface area contributed by atoms with Crippen LogP contribution in [0.3, 0.4) is 0 Å². The topological polar surface area (TPSA) is 78.8 Å². The fourth-order valence-corrected chi connectivity index (χ4v) is 2.99. The summed E-state index contributed by atoms with van der Waals surface area (Å²) in [6, 6.07) is 14.4. The average molecular weight is 402 g/mol. The van der Waals surface area contributed by atoms with Crippen LogP contribution in [0.15, 0.2) is 53.6 Å². The molecular formula is C21H27N3O3S. The highest BCUT2D eigenvalue weighted by Crippen LogP contribution is 2.22. The highest BCUT2D eigenvalue weighted by Gasteiger charge is 2.14. The Morgan fingerprint density at radius 1 is 0.964 bits per heavy atom. The minimum atomic E-state index is -3.34. The van der Waals surface area contributed by atoms with Gasteiger partial charge >= 0.3 is 0 Å². The zero-order valence-electron chi connectivity index (χ0n) is 17.1. The molecule has 0 spiro atoms. The summed E-state index contributed by atoms with van der Waals surface area (Å²) in [5.74, 6) is -0.362. The maximum atomic E-state index is 12.3. The first-order chi connectivity index (χ1) is 12.9. The van der Waals surface area contributed by atoms with Gasteiger partial charge in [-0.3, -0.25) is 9.10 Å². The summed E-state index contributed by atoms with van der Waals surface area (Å²) in [6.07, 6.45) is 1.12. The second-order valence-electron chi connectivity index (χ2n) is 7.74. The number of nitrogens with one attached hydrogen (secondary N) is 1. The van der Waals surface area contributed by atoms with Crippen molar-refractivity contribution in [3.05, 3.63) is 65.2 Å². The molecule has 0 saturated carbocycles. The second-order valence-corrected chi connectivity index (χ2v) is 9.76. The molecule has 0 aliphatic heterocycles. The molecule has 1 amide bonds. The van der Waals surface area contributed by atoms with E-state index < -0.39 is 10.0 Å². The molecule has 0 saturated heterocycles. The normalized spacial score (nSPS) is 12.6. The number of carbonyl (C=O) groups is 1. The van der Waals surface area contributed by atoms with E-state index >= 15 is 0 Å². The quantitative estimate of drug-likeness (QED) is 0.615. The molecule has 1 N–H and O–H groups in total. The van der Waals surface area contributed by atoms with Crippen molar-refractivity contribution in [3.63, 3.8) is 0 Å². The Kier molecular flexibility index (Phi) is 6.29. The summed E-state index contributed by atoms with van der Waals surface area (Å²) in [5, 5.41) is 4.17. The van der Waals surface area contributed by atoms with E-state index in [9.17, 15) is 13.2 Å². The third-order valence-electron chi connectivity index (χ3n) is 4.48. The predicted octanol–water partition coefficient (Wildman–Crippen LogP) is 3.53. The first kappa shape index (κ1) is 21.6. The molecule has 2 rings (SSSR count). The van der Waals surface area contributed by atoms with Crippen molar-refractivity contribution in [2.45, 2.75) is 33.1 Å². The lowest BCUT2D eigenvalue weighted by Gasteiger charge is -2.19. The van der Waals surface area contributed by atoms with Crippen LogP contribution in [0.1, 0.15) is 49.2 Å². The fourth-order valence-electron chi connectivity index (χ4n) is 2.49. The number of amides is 1. The number of hydrogen-bond acceptors (Lipinski definition) is 4. The Labute approximate surface area is 167 Å². The Bertz CT molecular complexity index is 971. The lowest BCUT2D eigenvalue weighted by molar-refractivity contribution is 0.0955. The van der Waals surface area contributed by atoms with Crippen LogP contribution in [0.5, 0.6) is 0 Å². The molecule has 0 atom stereocenters. The van der Waals surface area contributed by atoms with Crippen LogP contribution < -0.4 is 9.73 Å². The highest BCUT2D eigenvalue weighted by atomic mass is 32.2. The summed E-state index contributed by atoms with van der Waals surface area (Å²) in [6.45, 7) is 8.29. The van der Waals surface area contributed by atoms with Gasteiger partial charge in [0.2, 0.25) is 10.0 Å². The van der Waals surface area contributed by atoms with E-state index in [1.54, 1.807) is 24.3 Å². The van der Waals surface area contributed by atoms with Gasteiger partial charge in [0, 0.05) is 12.6 Å². The van der Waals surface area contributed by atoms with Crippen molar-refractivity contribution >= 4 is 27.3 Å². The number of sulfonamides is 1. The molecule has 28 heavy (non-hydrogen) atoms. The smallest absolute Gasteiger partial charge is 0.271 e. The van der Waals surface area contributed by atoms with Crippen LogP contribution in [0, 0.1) is 0 Å². The van der Waals surface area contributed by atoms with Gasteiger partial charge in [0.1, 0.15) is 0 Å². The van der Waals surface area contributed by atoms with Gasteiger partial charge in [-0.1, -0.05) is 45.0 Å². The van der Waals surface area contributed by atoms with Gasteiger partial charge in [-0.15, -0.1) is 0 Å². The number of carbonyl (C=O) groups excluding carboxylic acids is 1. The summed E-state index contributed by atoms with van der Waals surface area (Å²) < 4.78 is 24.3. The van der Waals surface area contributed by atoms with Crippen LogP contribution >= 0.6 is 0 Å². The van der Waals surface area contributed by atoms with E-state index in [1.807, 2.05) is 19.1 Å². The zero-order chi connectivity index (χ0) is 21.1. The van der Waals surface area contributed by atoms with E-state index in [1.165, 1.54) is 12.6 Å². The molecule has 0 fully saturated rings. The number of hydrogen-bond donors (Lipinski definition) is 1. The standard InChI is InChI=1S/C21H27N3O3S/c1-15(16-7-11-18(12-8-16)21(2,3)4)22-23-20(25)17-9-13-19(14-10-17)24(5)28(6,26)27/h7-14H,1-6H3,(H,23,25)/b22-15-. The SMILES string of the molecule is C/C(=N/NC(=O)c1ccc(N(C)S(C)(=O)=O)cc1)c1ccc(C(C)(C)C)cc1. The van der Waals surface area contributed by atoms with Crippen molar-refractivity contribution in [1.82, 2.24) is 5.43 Å². The Morgan fingerprint density at radius 2 is 1.46 bits per heavy atom. The minimum absolute atomic E-state index is 0.0785. The van der Waals surface area contributed by atoms with Crippen molar-refractivity contribution in [2.75, 3.05) is 17.6 Å². The summed E-state index contributed by atoms with van der Waals surface area (Å²) in [5.41, 5.74) is 6.35. The third kappa shape index (κ3) is 5.42. The molecule has 2 aromatic rings. The van der Waals surface area contributed by atoms with E-state index in [0.717, 1.165) is 16.1 Å². The van der Waals surface area contributed by atoms with Gasteiger partial charge in [-0.2, -0.15) is 5.10 Å². The lowest BCUT2D eigenvalue weighted by atomic mass is 9.86. The molecule has 0 aliphatic carbocycles. The molecule has 0 unspecified atom stereocenters. The van der Waals surface area contributed by atoms with Gasteiger partial charge in [-0.05, 0) is 47.7 Å². The average Bonchev–Trinajstić information content (AvgIpc) is 2.64. The first-order valence-corrected chi connectivity index (χ1v) is 10.7. The molecule has 2 aromatic carbocycles. The number of rotatable bonds is 5. The van der Waals surface area contributed by atoms with Crippen molar-refractivity contribution < 1.29 is 13.2 Å². The highest BCUT2D eigenvalue weighted by molar-refractivity contribution is 7.92. The summed E-state index contributed by atoms with van der Waals surface area (Å²) >= 11 is 0. The van der Waals surface area contributed by atoms with Crippen LogP contribution in [0.4, 0.5) is 5.69 Å². The molecular weight excluding hydrogens is 374 g/mol. The fraction of sp³-hybridized carbons (Fsp3) is 0.333. The largest absolute Gasteiger partial charge is 0.274 e. The molecule has 0 aliphatic rings. The Balaban J connectivity index is 2.08. The minimum Gasteiger partial charge on any atom is -0.274 e. The molecule has 0 radical (unpaired) electrons. The lowest BCUT2D eigenvalue weighted by Crippen LogP contribution is -2.25. The molecule has 6 nitrogen and oxygen atoms in total. The van der Waals surface area contributed by atoms with Gasteiger partial charge in [-0.25, -0.2) is 13.8 Å². The third-order valence-corrected chi connectivity index (χ3v) is 5.69. The maximum Gasteiger partial charge on any atom is 0.271 e. The summed E-state index contributed by atoms with van der Waals surface area (Å²) in [4.78, 5) is 12.3. The van der Waals surface area contributed by atoms with E-state index in [4.69, 9.17) is 0 Å². The van der Waals surface area contributed by atoms with Gasteiger partial charge in [0.15, 0.2) is 0 Å². The van der Waals surface area contributed by atoms with E-state index in [2.05, 4.69) is 43.4 Å². The monoisotopic (exact) mass is 401 g/mol. The van der Waals surface area contributed by atoms with E-state index in [0.29, 0.717) is 17.0 Å². The first-order valence-electron chi connectivity index (χ1n) is 8.89. The Morgan fingerprint density at radius 3 is 1.93 bits per heavy atom. The zero-order valence-corrected chi connectivity index (χ0v) is 18.0. The number of nitrogens with zero attached hydrogens (tertiary/aromatic N) is 2. The molecule has 0 heterocycles. The summed E-state index contributed by atoms with van der Waals surface area (Å²) in [7, 11) is -1.88. The number of benzene rings is 2. The molecule has 7 heteroatoms. The van der Waals surface area contributed by atoms with Crippen LogP contribution in [-0.2, 0) is 15.4 Å². The van der Waals surface area contributed by atoms with Crippen molar-refractivity contribution in [1.29, 1.82) is 0 Å². The second kappa shape index (κ2) is 8.14. The van der Waals surface area contributed by atoms with Crippen LogP contribution in [0.2, 0.25) is 0 Å². The predicted molar refractivity (Wildman–Crippen MR) is 115 cm³/mol. The molecule has 150 valence electrons. The van der Waals surface area contributed by atoms with Gasteiger partial charge in [0.25, 0.3) is 5.91 Å². The molecule has 0 bridgehead atoms. The Hall–Kier alpha value is -2.67. The van der Waals surface area contributed by atoms with Crippen LogP contribution in [-0.4, -0.2) is 33.3 Å². The van der Waals surface area contributed by atoms with E-state index in [-0.39, 0.29) is 11.3 Å². The molecule has 0 aromatic heterocycles. The maximum absolute atomic E-state index is 12.3. The van der Waals surface area contributed by atoms with Gasteiger partial charge in [0.05, 0.1) is 17.7 Å². The van der Waals surface area contributed by atoms with Crippen LogP contribution in [0.25, 0.3) is 0 Å². The van der Waals surface area contributed by atoms with Crippen molar-refractivity contribution in [2.24, 2.45) is 5.10 Å². The van der Waals surface area contributed by atoms with Gasteiger partial charge < -0.3 is 0 Å². The number of hydrazone groups is 1. The number of anilines is 1. The van der Waals surface area contributed by atoms with Crippen molar-refractivity contribution in [3.8, 4) is 0 Å².